The Balaban J connectivity index is 1.44. The molecule has 0 saturated heterocycles. The molecule has 0 radical (unpaired) electrons. The molecule has 5 nitrogen and oxygen atoms in total. The van der Waals surface area contributed by atoms with Crippen molar-refractivity contribution in [3.63, 3.8) is 0 Å². The number of benzene rings is 2. The maximum Gasteiger partial charge on any atom is 0.697 e. The number of rotatable bonds is 12. The van der Waals surface area contributed by atoms with E-state index >= 15 is 0 Å². The number of carbonyl (C=O) groups is 1. The lowest BCUT2D eigenvalue weighted by Crippen LogP contribution is -2.35. The summed E-state index contributed by atoms with van der Waals surface area (Å²) in [7, 11) is -2.12. The monoisotopic (exact) mass is 457 g/mol. The van der Waals surface area contributed by atoms with Gasteiger partial charge in [0.2, 0.25) is 0 Å². The predicted octanol–water partition coefficient (Wildman–Crippen LogP) is 6.73. The van der Waals surface area contributed by atoms with Gasteiger partial charge in [0.1, 0.15) is 12.7 Å². The van der Waals surface area contributed by atoms with Crippen LogP contribution in [0, 0.1) is 0 Å². The highest BCUT2D eigenvalue weighted by molar-refractivity contribution is 7.33. The number of ether oxygens (including phenoxy) is 1. The highest BCUT2D eigenvalue weighted by Crippen LogP contribution is 2.46. The fraction of sp³-hybridized carbons (Fsp3) is 0.500. The van der Waals surface area contributed by atoms with E-state index < -0.39 is 8.25 Å². The second-order valence-corrected chi connectivity index (χ2v) is 9.21. The molecule has 0 aromatic heterocycles. The first-order chi connectivity index (χ1) is 15.6. The van der Waals surface area contributed by atoms with Crippen LogP contribution < -0.4 is 0 Å². The van der Waals surface area contributed by atoms with Crippen LogP contribution in [0.25, 0.3) is 0 Å². The number of hydrogen-bond donors (Lipinski definition) is 0. The molecule has 1 unspecified atom stereocenters. The van der Waals surface area contributed by atoms with Crippen molar-refractivity contribution in [2.24, 2.45) is 0 Å². The van der Waals surface area contributed by atoms with E-state index in [1.165, 1.54) is 11.1 Å². The molecule has 6 heteroatoms. The summed E-state index contributed by atoms with van der Waals surface area (Å²) in [5.41, 5.74) is 2.62. The molecule has 0 heterocycles. The first-order valence-electron chi connectivity index (χ1n) is 11.7. The maximum atomic E-state index is 12.3. The van der Waals surface area contributed by atoms with Crippen LogP contribution in [0.1, 0.15) is 69.4 Å². The zero-order valence-electron chi connectivity index (χ0n) is 18.9. The van der Waals surface area contributed by atoms with Gasteiger partial charge in [0, 0.05) is 16.4 Å². The molecule has 2 aromatic rings. The highest BCUT2D eigenvalue weighted by Gasteiger charge is 2.41. The molecule has 0 bridgehead atoms. The standard InChI is InChI=1S/C26H34O5P/c1-2-29-25(27)16-10-5-11-21-30-32(28)31-24-17-19-26(20-18-24,22-12-6-3-7-13-22)23-14-8-4-9-15-23/h3-4,6-9,12-15,24H,2,5,10-11,16-21H2,1H3/q+1. The Bertz CT molecular complexity index is 790. The molecule has 0 N–H and O–H groups in total. The molecule has 1 fully saturated rings. The summed E-state index contributed by atoms with van der Waals surface area (Å²) in [6, 6.07) is 21.3. The number of hydrogen-bond acceptors (Lipinski definition) is 5. The Morgan fingerprint density at radius 1 is 0.938 bits per heavy atom. The van der Waals surface area contributed by atoms with E-state index in [9.17, 15) is 9.36 Å². The summed E-state index contributed by atoms with van der Waals surface area (Å²) in [4.78, 5) is 11.3. The van der Waals surface area contributed by atoms with E-state index in [0.717, 1.165) is 44.9 Å². The van der Waals surface area contributed by atoms with Gasteiger partial charge in [-0.2, -0.15) is 0 Å². The number of esters is 1. The molecule has 1 aliphatic carbocycles. The van der Waals surface area contributed by atoms with Crippen LogP contribution in [0.3, 0.4) is 0 Å². The van der Waals surface area contributed by atoms with E-state index in [2.05, 4.69) is 60.7 Å². The molecule has 0 aliphatic heterocycles. The normalized spacial score (nSPS) is 16.5. The summed E-state index contributed by atoms with van der Waals surface area (Å²) in [5.74, 6) is -0.165. The SMILES string of the molecule is CCOC(=O)CCCCCO[P+](=O)OC1CCC(c2ccccc2)(c2ccccc2)CC1. The third-order valence-electron chi connectivity index (χ3n) is 6.20. The maximum absolute atomic E-state index is 12.3. The van der Waals surface area contributed by atoms with Gasteiger partial charge in [-0.25, -0.2) is 0 Å². The Hall–Kier alpha value is -2.07. The van der Waals surface area contributed by atoms with E-state index in [-0.39, 0.29) is 17.5 Å². The van der Waals surface area contributed by atoms with E-state index in [1.54, 1.807) is 6.92 Å². The van der Waals surface area contributed by atoms with Gasteiger partial charge in [-0.1, -0.05) is 67.1 Å². The molecule has 0 amide bonds. The van der Waals surface area contributed by atoms with Crippen LogP contribution in [0.5, 0.6) is 0 Å². The van der Waals surface area contributed by atoms with Crippen LogP contribution in [0.2, 0.25) is 0 Å². The first-order valence-corrected chi connectivity index (χ1v) is 12.8. The van der Waals surface area contributed by atoms with Crippen molar-refractivity contribution in [1.82, 2.24) is 0 Å². The zero-order chi connectivity index (χ0) is 22.7. The lowest BCUT2D eigenvalue weighted by molar-refractivity contribution is -0.143. The van der Waals surface area contributed by atoms with Crippen molar-refractivity contribution >= 4 is 14.2 Å². The summed E-state index contributed by atoms with van der Waals surface area (Å²) in [6.07, 6.45) is 6.28. The van der Waals surface area contributed by atoms with Crippen molar-refractivity contribution in [3.8, 4) is 0 Å². The van der Waals surface area contributed by atoms with E-state index in [0.29, 0.717) is 19.6 Å². The zero-order valence-corrected chi connectivity index (χ0v) is 19.8. The Morgan fingerprint density at radius 3 is 2.09 bits per heavy atom. The molecule has 2 aromatic carbocycles. The summed E-state index contributed by atoms with van der Waals surface area (Å²) in [6.45, 7) is 2.60. The lowest BCUT2D eigenvalue weighted by atomic mass is 9.65. The molecular weight excluding hydrogens is 423 g/mol. The Kier molecular flexibility index (Phi) is 9.86. The predicted molar refractivity (Wildman–Crippen MR) is 126 cm³/mol. The van der Waals surface area contributed by atoms with Crippen molar-refractivity contribution in [1.29, 1.82) is 0 Å². The topological polar surface area (TPSA) is 61.8 Å². The summed E-state index contributed by atoms with van der Waals surface area (Å²) >= 11 is 0. The van der Waals surface area contributed by atoms with Crippen LogP contribution in [0.4, 0.5) is 0 Å². The molecule has 1 saturated carbocycles. The van der Waals surface area contributed by atoms with Gasteiger partial charge in [-0.3, -0.25) is 4.79 Å². The lowest BCUT2D eigenvalue weighted by Gasteiger charge is -2.40. The molecule has 1 aliphatic rings. The van der Waals surface area contributed by atoms with Crippen LogP contribution in [-0.4, -0.2) is 25.3 Å². The highest BCUT2D eigenvalue weighted by atomic mass is 31.1. The molecule has 3 rings (SSSR count). The van der Waals surface area contributed by atoms with E-state index in [4.69, 9.17) is 13.8 Å². The molecule has 0 spiro atoms. The van der Waals surface area contributed by atoms with Crippen LogP contribution >= 0.6 is 8.25 Å². The van der Waals surface area contributed by atoms with Crippen molar-refractivity contribution in [2.45, 2.75) is 69.8 Å². The first kappa shape index (κ1) is 24.6. The molecule has 32 heavy (non-hydrogen) atoms. The number of carbonyl (C=O) groups excluding carboxylic acids is 1. The minimum atomic E-state index is -2.12. The van der Waals surface area contributed by atoms with Gasteiger partial charge in [0.05, 0.1) is 6.61 Å². The fourth-order valence-corrected chi connectivity index (χ4v) is 5.31. The second-order valence-electron chi connectivity index (χ2n) is 8.29. The van der Waals surface area contributed by atoms with Gasteiger partial charge in [-0.05, 0) is 56.6 Å². The molecule has 172 valence electrons. The third kappa shape index (κ3) is 6.96. The van der Waals surface area contributed by atoms with Crippen molar-refractivity contribution in [2.75, 3.05) is 13.2 Å². The van der Waals surface area contributed by atoms with E-state index in [1.807, 2.05) is 0 Å². The van der Waals surface area contributed by atoms with Crippen LogP contribution in [0.15, 0.2) is 60.7 Å². The van der Waals surface area contributed by atoms with Gasteiger partial charge in [-0.15, -0.1) is 9.05 Å². The average molecular weight is 458 g/mol. The van der Waals surface area contributed by atoms with Gasteiger partial charge < -0.3 is 4.74 Å². The Labute approximate surface area is 192 Å². The minimum absolute atomic E-state index is 0.0339. The second kappa shape index (κ2) is 12.8. The fourth-order valence-electron chi connectivity index (χ4n) is 4.52. The largest absolute Gasteiger partial charge is 0.697 e. The minimum Gasteiger partial charge on any atom is -0.466 e. The van der Waals surface area contributed by atoms with Crippen molar-refractivity contribution in [3.05, 3.63) is 71.8 Å². The number of unbranched alkanes of at least 4 members (excludes halogenated alkanes) is 2. The quantitative estimate of drug-likeness (QED) is 0.201. The Morgan fingerprint density at radius 2 is 1.53 bits per heavy atom. The summed E-state index contributed by atoms with van der Waals surface area (Å²) < 4.78 is 28.3. The summed E-state index contributed by atoms with van der Waals surface area (Å²) in [5, 5.41) is 0. The van der Waals surface area contributed by atoms with Crippen molar-refractivity contribution < 1.29 is 23.1 Å². The molecular formula is C26H34O5P+. The van der Waals surface area contributed by atoms with Gasteiger partial charge in [0.25, 0.3) is 0 Å². The average Bonchev–Trinajstić information content (AvgIpc) is 2.83. The molecule has 1 atom stereocenters. The van der Waals surface area contributed by atoms with Gasteiger partial charge in [0.15, 0.2) is 0 Å². The van der Waals surface area contributed by atoms with Gasteiger partial charge >= 0.3 is 14.2 Å². The van der Waals surface area contributed by atoms with Crippen LogP contribution in [-0.2, 0) is 28.6 Å². The third-order valence-corrected chi connectivity index (χ3v) is 7.06. The smallest absolute Gasteiger partial charge is 0.466 e.